The fourth-order valence-electron chi connectivity index (χ4n) is 4.08. The SMILES string of the molecule is CC1=C(C)C[C@@H](C(=O)O)[C@@H](C(=O)N2CCN(Cc3c(F)cccc3Cl)CC2)C1. The normalized spacial score (nSPS) is 23.8. The highest BCUT2D eigenvalue weighted by Crippen LogP contribution is 2.35. The van der Waals surface area contributed by atoms with Crippen LogP contribution in [-0.4, -0.2) is 53.0 Å². The van der Waals surface area contributed by atoms with Crippen LogP contribution in [0.25, 0.3) is 0 Å². The van der Waals surface area contributed by atoms with Gasteiger partial charge in [-0.3, -0.25) is 14.5 Å². The van der Waals surface area contributed by atoms with E-state index in [1.807, 2.05) is 13.8 Å². The number of hydrogen-bond acceptors (Lipinski definition) is 3. The molecule has 1 fully saturated rings. The van der Waals surface area contributed by atoms with Gasteiger partial charge in [0.2, 0.25) is 5.91 Å². The summed E-state index contributed by atoms with van der Waals surface area (Å²) in [5, 5.41) is 9.97. The summed E-state index contributed by atoms with van der Waals surface area (Å²) in [4.78, 5) is 28.5. The van der Waals surface area contributed by atoms with E-state index in [0.29, 0.717) is 56.2 Å². The Hall–Kier alpha value is -1.92. The average Bonchev–Trinajstić information content (AvgIpc) is 2.66. The van der Waals surface area contributed by atoms with E-state index in [-0.39, 0.29) is 11.7 Å². The summed E-state index contributed by atoms with van der Waals surface area (Å²) in [6, 6.07) is 4.65. The van der Waals surface area contributed by atoms with Gasteiger partial charge in [0.1, 0.15) is 5.82 Å². The summed E-state index contributed by atoms with van der Waals surface area (Å²) in [6.45, 7) is 6.55. The number of rotatable bonds is 4. The average molecular weight is 409 g/mol. The summed E-state index contributed by atoms with van der Waals surface area (Å²) in [7, 11) is 0. The molecule has 2 atom stereocenters. The minimum Gasteiger partial charge on any atom is -0.481 e. The first-order valence-electron chi connectivity index (χ1n) is 9.60. The molecule has 2 aliphatic rings. The maximum absolute atomic E-state index is 14.0. The Morgan fingerprint density at radius 2 is 1.71 bits per heavy atom. The molecule has 3 rings (SSSR count). The summed E-state index contributed by atoms with van der Waals surface area (Å²) in [5.41, 5.74) is 2.66. The quantitative estimate of drug-likeness (QED) is 0.774. The standard InChI is InChI=1S/C21H26ClFN2O3/c1-13-10-15(16(21(27)28)11-14(13)2)20(26)25-8-6-24(7-9-25)12-17-18(22)4-3-5-19(17)23/h3-5,15-16H,6-12H2,1-2H3,(H,27,28)/t15-,16+/m0/s1. The first-order chi connectivity index (χ1) is 13.3. The van der Waals surface area contributed by atoms with Gasteiger partial charge in [-0.25, -0.2) is 4.39 Å². The number of hydrogen-bond donors (Lipinski definition) is 1. The first kappa shape index (κ1) is 20.8. The lowest BCUT2D eigenvalue weighted by molar-refractivity contribution is -0.151. The van der Waals surface area contributed by atoms with Gasteiger partial charge in [0.25, 0.3) is 0 Å². The van der Waals surface area contributed by atoms with Crippen LogP contribution in [0, 0.1) is 17.7 Å². The number of halogens is 2. The second-order valence-corrected chi connectivity index (χ2v) is 8.23. The highest BCUT2D eigenvalue weighted by molar-refractivity contribution is 6.31. The molecular formula is C21H26ClFN2O3. The number of carboxylic acid groups (broad SMARTS) is 1. The molecule has 1 aliphatic carbocycles. The highest BCUT2D eigenvalue weighted by atomic mass is 35.5. The van der Waals surface area contributed by atoms with Gasteiger partial charge >= 0.3 is 5.97 Å². The lowest BCUT2D eigenvalue weighted by atomic mass is 9.76. The van der Waals surface area contributed by atoms with Crippen molar-refractivity contribution in [1.82, 2.24) is 9.80 Å². The van der Waals surface area contributed by atoms with Gasteiger partial charge in [0.15, 0.2) is 0 Å². The van der Waals surface area contributed by atoms with Gasteiger partial charge < -0.3 is 10.0 Å². The van der Waals surface area contributed by atoms with Crippen molar-refractivity contribution < 1.29 is 19.1 Å². The molecule has 1 saturated heterocycles. The summed E-state index contributed by atoms with van der Waals surface area (Å²) < 4.78 is 14.0. The zero-order valence-electron chi connectivity index (χ0n) is 16.3. The van der Waals surface area contributed by atoms with Crippen molar-refractivity contribution in [1.29, 1.82) is 0 Å². The molecule has 0 unspecified atom stereocenters. The molecule has 28 heavy (non-hydrogen) atoms. The van der Waals surface area contributed by atoms with Crippen LogP contribution in [0.1, 0.15) is 32.3 Å². The number of nitrogens with zero attached hydrogens (tertiary/aromatic N) is 2. The number of carboxylic acids is 1. The minimum absolute atomic E-state index is 0.0807. The van der Waals surface area contributed by atoms with Crippen molar-refractivity contribution in [2.45, 2.75) is 33.2 Å². The Kier molecular flexibility index (Phi) is 6.40. The molecule has 1 heterocycles. The molecule has 0 bridgehead atoms. The number of aliphatic carboxylic acids is 1. The van der Waals surface area contributed by atoms with Gasteiger partial charge in [-0.2, -0.15) is 0 Å². The van der Waals surface area contributed by atoms with Crippen LogP contribution in [0.4, 0.5) is 4.39 Å². The molecule has 1 aliphatic heterocycles. The van der Waals surface area contributed by atoms with Crippen molar-refractivity contribution in [3.63, 3.8) is 0 Å². The summed E-state index contributed by atoms with van der Waals surface area (Å²) >= 11 is 6.11. The topological polar surface area (TPSA) is 60.9 Å². The Bertz CT molecular complexity index is 783. The number of carbonyl (C=O) groups excluding carboxylic acids is 1. The molecule has 0 saturated carbocycles. The van der Waals surface area contributed by atoms with Gasteiger partial charge in [-0.15, -0.1) is 0 Å². The second kappa shape index (κ2) is 8.62. The van der Waals surface area contributed by atoms with Crippen molar-refractivity contribution in [3.05, 3.63) is 45.7 Å². The maximum Gasteiger partial charge on any atom is 0.307 e. The zero-order chi connectivity index (χ0) is 20.4. The van der Waals surface area contributed by atoms with Crippen LogP contribution in [0.3, 0.4) is 0 Å². The fourth-order valence-corrected chi connectivity index (χ4v) is 4.30. The molecule has 1 aromatic rings. The summed E-state index contributed by atoms with van der Waals surface area (Å²) in [5.74, 6) is -2.48. The smallest absolute Gasteiger partial charge is 0.307 e. The largest absolute Gasteiger partial charge is 0.481 e. The molecule has 0 aromatic heterocycles. The number of benzene rings is 1. The predicted octanol–water partition coefficient (Wildman–Crippen LogP) is 3.57. The van der Waals surface area contributed by atoms with E-state index in [9.17, 15) is 19.1 Å². The maximum atomic E-state index is 14.0. The third-order valence-corrected chi connectivity index (χ3v) is 6.38. The van der Waals surface area contributed by atoms with Crippen molar-refractivity contribution in [2.24, 2.45) is 11.8 Å². The van der Waals surface area contributed by atoms with Crippen LogP contribution >= 0.6 is 11.6 Å². The molecule has 5 nitrogen and oxygen atoms in total. The predicted molar refractivity (Wildman–Crippen MR) is 105 cm³/mol. The van der Waals surface area contributed by atoms with E-state index in [4.69, 9.17) is 11.6 Å². The Balaban J connectivity index is 1.63. The van der Waals surface area contributed by atoms with E-state index in [1.165, 1.54) is 6.07 Å². The molecule has 152 valence electrons. The van der Waals surface area contributed by atoms with E-state index in [2.05, 4.69) is 4.90 Å². The minimum atomic E-state index is -0.905. The van der Waals surface area contributed by atoms with Crippen LogP contribution in [0.15, 0.2) is 29.3 Å². The van der Waals surface area contributed by atoms with Crippen molar-refractivity contribution >= 4 is 23.5 Å². The Labute approximate surface area is 169 Å². The zero-order valence-corrected chi connectivity index (χ0v) is 17.0. The lowest BCUT2D eigenvalue weighted by Crippen LogP contribution is -2.51. The van der Waals surface area contributed by atoms with Gasteiger partial charge in [0, 0.05) is 43.3 Å². The first-order valence-corrected chi connectivity index (χ1v) is 9.97. The van der Waals surface area contributed by atoms with Crippen molar-refractivity contribution in [2.75, 3.05) is 26.2 Å². The third-order valence-electron chi connectivity index (χ3n) is 6.03. The Morgan fingerprint density at radius 1 is 1.11 bits per heavy atom. The van der Waals surface area contributed by atoms with Crippen LogP contribution in [-0.2, 0) is 16.1 Å². The lowest BCUT2D eigenvalue weighted by Gasteiger charge is -2.39. The third kappa shape index (κ3) is 4.39. The van der Waals surface area contributed by atoms with Gasteiger partial charge in [-0.1, -0.05) is 28.8 Å². The molecule has 1 amide bonds. The molecule has 7 heteroatoms. The fraction of sp³-hybridized carbons (Fsp3) is 0.524. The van der Waals surface area contributed by atoms with Gasteiger partial charge in [-0.05, 0) is 38.8 Å². The van der Waals surface area contributed by atoms with Gasteiger partial charge in [0.05, 0.1) is 11.8 Å². The Morgan fingerprint density at radius 3 is 2.29 bits per heavy atom. The molecular weight excluding hydrogens is 383 g/mol. The van der Waals surface area contributed by atoms with Crippen LogP contribution < -0.4 is 0 Å². The van der Waals surface area contributed by atoms with Crippen molar-refractivity contribution in [3.8, 4) is 0 Å². The number of carbonyl (C=O) groups is 2. The molecule has 0 spiro atoms. The number of piperazine rings is 1. The van der Waals surface area contributed by atoms with Crippen LogP contribution in [0.5, 0.6) is 0 Å². The molecule has 1 aromatic carbocycles. The summed E-state index contributed by atoms with van der Waals surface area (Å²) in [6.07, 6.45) is 0.940. The number of amides is 1. The van der Waals surface area contributed by atoms with E-state index >= 15 is 0 Å². The van der Waals surface area contributed by atoms with Crippen LogP contribution in [0.2, 0.25) is 5.02 Å². The van der Waals surface area contributed by atoms with E-state index < -0.39 is 17.8 Å². The molecule has 0 radical (unpaired) electrons. The highest BCUT2D eigenvalue weighted by Gasteiger charge is 2.39. The monoisotopic (exact) mass is 408 g/mol. The van der Waals surface area contributed by atoms with E-state index in [1.54, 1.807) is 17.0 Å². The molecule has 1 N–H and O–H groups in total. The second-order valence-electron chi connectivity index (χ2n) is 7.82. The van der Waals surface area contributed by atoms with E-state index in [0.717, 1.165) is 11.1 Å². The number of allylic oxidation sites excluding steroid dienone is 2.